The van der Waals surface area contributed by atoms with Crippen molar-refractivity contribution >= 4 is 10.2 Å². The Labute approximate surface area is 115 Å². The predicted octanol–water partition coefficient (Wildman–Crippen LogP) is 1.09. The number of aromatic nitrogens is 2. The number of rotatable bonds is 5. The molecule has 2 heterocycles. The van der Waals surface area contributed by atoms with E-state index in [0.717, 1.165) is 17.9 Å². The van der Waals surface area contributed by atoms with Gasteiger partial charge in [0.15, 0.2) is 0 Å². The molecule has 1 aromatic heterocycles. The summed E-state index contributed by atoms with van der Waals surface area (Å²) in [5.41, 5.74) is 1.01. The number of hydrogen-bond acceptors (Lipinski definition) is 3. The van der Waals surface area contributed by atoms with E-state index in [-0.39, 0.29) is 5.92 Å². The number of nitrogens with zero attached hydrogens (tertiary/aromatic N) is 3. The minimum absolute atomic E-state index is 0.180. The van der Waals surface area contributed by atoms with Crippen molar-refractivity contribution in [3.8, 4) is 0 Å². The summed E-state index contributed by atoms with van der Waals surface area (Å²) in [5, 5.41) is 0. The predicted molar refractivity (Wildman–Crippen MR) is 74.1 cm³/mol. The summed E-state index contributed by atoms with van der Waals surface area (Å²) in [5.74, 6) is 1.08. The van der Waals surface area contributed by atoms with Crippen LogP contribution in [0.4, 0.5) is 0 Å². The van der Waals surface area contributed by atoms with Gasteiger partial charge in [-0.2, -0.15) is 17.0 Å². The van der Waals surface area contributed by atoms with E-state index >= 15 is 0 Å². The van der Waals surface area contributed by atoms with Crippen LogP contribution in [0, 0.1) is 6.92 Å². The van der Waals surface area contributed by atoms with E-state index in [4.69, 9.17) is 0 Å². The van der Waals surface area contributed by atoms with E-state index in [1.54, 1.807) is 10.5 Å². The summed E-state index contributed by atoms with van der Waals surface area (Å²) >= 11 is 0. The maximum absolute atomic E-state index is 12.4. The fraction of sp³-hybridized carbons (Fsp3) is 0.750. The highest BCUT2D eigenvalue weighted by molar-refractivity contribution is 7.86. The fourth-order valence-corrected chi connectivity index (χ4v) is 4.20. The highest BCUT2D eigenvalue weighted by Crippen LogP contribution is 2.27. The molecule has 7 heteroatoms. The Morgan fingerprint density at radius 1 is 1.47 bits per heavy atom. The van der Waals surface area contributed by atoms with Gasteiger partial charge < -0.3 is 4.98 Å². The van der Waals surface area contributed by atoms with Crippen LogP contribution in [-0.4, -0.2) is 53.2 Å². The summed E-state index contributed by atoms with van der Waals surface area (Å²) in [6.45, 7) is 7.81. The number of aromatic amines is 1. The van der Waals surface area contributed by atoms with Crippen LogP contribution in [0.25, 0.3) is 0 Å². The maximum atomic E-state index is 12.4. The molecular formula is C12H22N4O2S. The Bertz CT molecular complexity index is 522. The topological polar surface area (TPSA) is 69.3 Å². The SMILES string of the molecule is CCN(CC)S(=O)(=O)N1CCC(c2ncc(C)[nH]2)C1. The molecule has 1 atom stereocenters. The molecule has 0 amide bonds. The highest BCUT2D eigenvalue weighted by atomic mass is 32.2. The van der Waals surface area contributed by atoms with Gasteiger partial charge in [0.1, 0.15) is 5.82 Å². The van der Waals surface area contributed by atoms with Gasteiger partial charge in [0, 0.05) is 44.0 Å². The molecule has 6 nitrogen and oxygen atoms in total. The van der Waals surface area contributed by atoms with Gasteiger partial charge in [0.25, 0.3) is 10.2 Å². The molecule has 0 aliphatic carbocycles. The summed E-state index contributed by atoms with van der Waals surface area (Å²) in [4.78, 5) is 7.51. The van der Waals surface area contributed by atoms with Gasteiger partial charge in [-0.25, -0.2) is 4.98 Å². The van der Waals surface area contributed by atoms with Gasteiger partial charge in [-0.1, -0.05) is 13.8 Å². The molecule has 1 unspecified atom stereocenters. The lowest BCUT2D eigenvalue weighted by atomic mass is 10.1. The molecule has 1 aromatic rings. The van der Waals surface area contributed by atoms with Crippen molar-refractivity contribution in [1.82, 2.24) is 18.6 Å². The Hall–Kier alpha value is -0.920. The maximum Gasteiger partial charge on any atom is 0.281 e. The third kappa shape index (κ3) is 2.82. The van der Waals surface area contributed by atoms with E-state index in [1.165, 1.54) is 4.31 Å². The first kappa shape index (κ1) is 14.5. The van der Waals surface area contributed by atoms with Crippen LogP contribution in [0.2, 0.25) is 0 Å². The van der Waals surface area contributed by atoms with Crippen LogP contribution in [0.15, 0.2) is 6.20 Å². The molecular weight excluding hydrogens is 264 g/mol. The minimum atomic E-state index is -3.31. The van der Waals surface area contributed by atoms with Crippen LogP contribution in [-0.2, 0) is 10.2 Å². The van der Waals surface area contributed by atoms with Crippen molar-refractivity contribution in [2.75, 3.05) is 26.2 Å². The van der Waals surface area contributed by atoms with Crippen LogP contribution in [0.3, 0.4) is 0 Å². The van der Waals surface area contributed by atoms with Crippen molar-refractivity contribution < 1.29 is 8.42 Å². The van der Waals surface area contributed by atoms with Crippen molar-refractivity contribution in [2.24, 2.45) is 0 Å². The normalized spacial score (nSPS) is 21.4. The molecule has 0 bridgehead atoms. The largest absolute Gasteiger partial charge is 0.346 e. The van der Waals surface area contributed by atoms with E-state index in [2.05, 4.69) is 9.97 Å². The minimum Gasteiger partial charge on any atom is -0.346 e. The monoisotopic (exact) mass is 286 g/mol. The molecule has 108 valence electrons. The number of hydrogen-bond donors (Lipinski definition) is 1. The van der Waals surface area contributed by atoms with Gasteiger partial charge in [-0.05, 0) is 13.3 Å². The fourth-order valence-electron chi connectivity index (χ4n) is 2.51. The number of aryl methyl sites for hydroxylation is 1. The van der Waals surface area contributed by atoms with Gasteiger partial charge in [0.05, 0.1) is 0 Å². The number of imidazole rings is 1. The van der Waals surface area contributed by atoms with E-state index < -0.39 is 10.2 Å². The summed E-state index contributed by atoms with van der Waals surface area (Å²) in [6.07, 6.45) is 2.62. The van der Waals surface area contributed by atoms with Gasteiger partial charge >= 0.3 is 0 Å². The van der Waals surface area contributed by atoms with Crippen molar-refractivity contribution in [3.63, 3.8) is 0 Å². The lowest BCUT2D eigenvalue weighted by molar-refractivity contribution is 0.377. The summed E-state index contributed by atoms with van der Waals surface area (Å²) < 4.78 is 27.9. The molecule has 0 aromatic carbocycles. The van der Waals surface area contributed by atoms with Gasteiger partial charge in [0.2, 0.25) is 0 Å². The Morgan fingerprint density at radius 2 is 2.16 bits per heavy atom. The van der Waals surface area contributed by atoms with Crippen LogP contribution < -0.4 is 0 Å². The van der Waals surface area contributed by atoms with Crippen LogP contribution >= 0.6 is 0 Å². The van der Waals surface area contributed by atoms with Gasteiger partial charge in [-0.15, -0.1) is 0 Å². The molecule has 0 spiro atoms. The first-order valence-corrected chi connectivity index (χ1v) is 8.15. The second kappa shape index (κ2) is 5.60. The Kier molecular flexibility index (Phi) is 4.27. The average Bonchev–Trinajstić information content (AvgIpc) is 2.98. The third-order valence-corrected chi connectivity index (χ3v) is 5.77. The lowest BCUT2D eigenvalue weighted by Crippen LogP contribution is -2.42. The number of H-pyrrole nitrogens is 1. The third-order valence-electron chi connectivity index (χ3n) is 3.62. The molecule has 0 radical (unpaired) electrons. The molecule has 19 heavy (non-hydrogen) atoms. The molecule has 1 saturated heterocycles. The number of nitrogens with one attached hydrogen (secondary N) is 1. The van der Waals surface area contributed by atoms with Crippen molar-refractivity contribution in [2.45, 2.75) is 33.1 Å². The lowest BCUT2D eigenvalue weighted by Gasteiger charge is -2.25. The quantitative estimate of drug-likeness (QED) is 0.881. The first-order valence-electron chi connectivity index (χ1n) is 6.75. The van der Waals surface area contributed by atoms with Crippen molar-refractivity contribution in [3.05, 3.63) is 17.7 Å². The Morgan fingerprint density at radius 3 is 2.68 bits per heavy atom. The van der Waals surface area contributed by atoms with Gasteiger partial charge in [-0.3, -0.25) is 0 Å². The molecule has 1 fully saturated rings. The summed E-state index contributed by atoms with van der Waals surface area (Å²) in [7, 11) is -3.31. The molecule has 1 N–H and O–H groups in total. The zero-order chi connectivity index (χ0) is 14.0. The smallest absolute Gasteiger partial charge is 0.281 e. The zero-order valence-electron chi connectivity index (χ0n) is 11.8. The second-order valence-electron chi connectivity index (χ2n) is 4.89. The molecule has 1 aliphatic heterocycles. The van der Waals surface area contributed by atoms with Crippen molar-refractivity contribution in [1.29, 1.82) is 0 Å². The molecule has 0 saturated carbocycles. The molecule has 2 rings (SSSR count). The van der Waals surface area contributed by atoms with E-state index in [1.807, 2.05) is 20.8 Å². The first-order chi connectivity index (χ1) is 8.98. The average molecular weight is 286 g/mol. The second-order valence-corrected chi connectivity index (χ2v) is 6.82. The Balaban J connectivity index is 2.10. The standard InChI is InChI=1S/C12H22N4O2S/c1-4-15(5-2)19(17,18)16-7-6-11(9-16)12-13-8-10(3)14-12/h8,11H,4-7,9H2,1-3H3,(H,13,14). The zero-order valence-corrected chi connectivity index (χ0v) is 12.6. The summed E-state index contributed by atoms with van der Waals surface area (Å²) in [6, 6.07) is 0. The van der Waals surface area contributed by atoms with Crippen LogP contribution in [0.5, 0.6) is 0 Å². The highest BCUT2D eigenvalue weighted by Gasteiger charge is 2.35. The van der Waals surface area contributed by atoms with E-state index in [9.17, 15) is 8.42 Å². The molecule has 1 aliphatic rings. The van der Waals surface area contributed by atoms with E-state index in [0.29, 0.717) is 26.2 Å². The van der Waals surface area contributed by atoms with Crippen LogP contribution in [0.1, 0.15) is 37.7 Å².